The van der Waals surface area contributed by atoms with Gasteiger partial charge >= 0.3 is 0 Å². The summed E-state index contributed by atoms with van der Waals surface area (Å²) in [6.45, 7) is 4.68. The third kappa shape index (κ3) is 2.51. The van der Waals surface area contributed by atoms with Crippen molar-refractivity contribution in [2.75, 3.05) is 11.1 Å². The van der Waals surface area contributed by atoms with E-state index in [-0.39, 0.29) is 5.91 Å². The Hall–Kier alpha value is -2.30. The maximum Gasteiger partial charge on any atom is 0.258 e. The number of nitrogens with one attached hydrogen (secondary N) is 1. The Morgan fingerprint density at radius 3 is 2.83 bits per heavy atom. The van der Waals surface area contributed by atoms with Crippen LogP contribution in [0, 0.1) is 6.92 Å². The molecule has 0 aliphatic carbocycles. The Kier molecular flexibility index (Phi) is 3.32. The number of nitrogens with zero attached hydrogens (tertiary/aromatic N) is 2. The molecule has 18 heavy (non-hydrogen) atoms. The number of benzene rings is 1. The summed E-state index contributed by atoms with van der Waals surface area (Å²) in [5.74, 6) is 0.288. The van der Waals surface area contributed by atoms with Crippen LogP contribution in [0.1, 0.15) is 22.8 Å². The summed E-state index contributed by atoms with van der Waals surface area (Å²) < 4.78 is 1.74. The van der Waals surface area contributed by atoms with E-state index in [0.717, 1.165) is 12.1 Å². The fourth-order valence-electron chi connectivity index (χ4n) is 1.68. The summed E-state index contributed by atoms with van der Waals surface area (Å²) in [7, 11) is 0. The SMILES string of the molecule is CCn1ccc(NC(=O)c2ccc(C)cc2N)n1. The minimum atomic E-state index is -0.242. The molecule has 1 aromatic heterocycles. The number of carbonyl (C=O) groups is 1. The zero-order valence-electron chi connectivity index (χ0n) is 10.5. The molecule has 0 radical (unpaired) electrons. The van der Waals surface area contributed by atoms with Gasteiger partial charge in [0.25, 0.3) is 5.91 Å². The molecule has 2 rings (SSSR count). The summed E-state index contributed by atoms with van der Waals surface area (Å²) in [4.78, 5) is 12.0. The summed E-state index contributed by atoms with van der Waals surface area (Å²) in [5.41, 5.74) is 7.79. The maximum absolute atomic E-state index is 12.0. The first-order valence-electron chi connectivity index (χ1n) is 5.81. The zero-order valence-corrected chi connectivity index (χ0v) is 10.5. The Morgan fingerprint density at radius 1 is 1.44 bits per heavy atom. The van der Waals surface area contributed by atoms with E-state index in [1.54, 1.807) is 22.9 Å². The lowest BCUT2D eigenvalue weighted by Gasteiger charge is -2.06. The highest BCUT2D eigenvalue weighted by Crippen LogP contribution is 2.15. The van der Waals surface area contributed by atoms with Gasteiger partial charge < -0.3 is 11.1 Å². The van der Waals surface area contributed by atoms with E-state index in [9.17, 15) is 4.79 Å². The zero-order chi connectivity index (χ0) is 13.1. The van der Waals surface area contributed by atoms with E-state index in [0.29, 0.717) is 17.1 Å². The fourth-order valence-corrected chi connectivity index (χ4v) is 1.68. The van der Waals surface area contributed by atoms with Gasteiger partial charge in [-0.05, 0) is 31.5 Å². The second kappa shape index (κ2) is 4.91. The first-order chi connectivity index (χ1) is 8.60. The van der Waals surface area contributed by atoms with Crippen LogP contribution in [0.2, 0.25) is 0 Å². The van der Waals surface area contributed by atoms with E-state index >= 15 is 0 Å². The lowest BCUT2D eigenvalue weighted by Crippen LogP contribution is -2.14. The van der Waals surface area contributed by atoms with Crippen molar-refractivity contribution >= 4 is 17.4 Å². The summed E-state index contributed by atoms with van der Waals surface area (Å²) >= 11 is 0. The van der Waals surface area contributed by atoms with Gasteiger partial charge in [0.1, 0.15) is 0 Å². The van der Waals surface area contributed by atoms with E-state index in [1.165, 1.54) is 0 Å². The number of aryl methyl sites for hydroxylation is 2. The number of carbonyl (C=O) groups excluding carboxylic acids is 1. The monoisotopic (exact) mass is 244 g/mol. The van der Waals surface area contributed by atoms with Gasteiger partial charge in [0.2, 0.25) is 0 Å². The van der Waals surface area contributed by atoms with Crippen molar-refractivity contribution in [1.82, 2.24) is 9.78 Å². The van der Waals surface area contributed by atoms with Gasteiger partial charge in [0.15, 0.2) is 5.82 Å². The minimum Gasteiger partial charge on any atom is -0.398 e. The van der Waals surface area contributed by atoms with Gasteiger partial charge in [-0.15, -0.1) is 0 Å². The van der Waals surface area contributed by atoms with Crippen LogP contribution in [0.3, 0.4) is 0 Å². The van der Waals surface area contributed by atoms with Crippen LogP contribution < -0.4 is 11.1 Å². The molecule has 0 aliphatic heterocycles. The molecule has 5 heteroatoms. The number of nitrogens with two attached hydrogens (primary N) is 1. The second-order valence-corrected chi connectivity index (χ2v) is 4.10. The van der Waals surface area contributed by atoms with Crippen molar-refractivity contribution in [2.45, 2.75) is 20.4 Å². The Bertz CT molecular complexity index is 574. The average molecular weight is 244 g/mol. The molecule has 3 N–H and O–H groups in total. The molecule has 1 heterocycles. The third-order valence-corrected chi connectivity index (χ3v) is 2.66. The molecular weight excluding hydrogens is 228 g/mol. The first-order valence-corrected chi connectivity index (χ1v) is 5.81. The van der Waals surface area contributed by atoms with Crippen molar-refractivity contribution in [2.24, 2.45) is 0 Å². The summed E-state index contributed by atoms with van der Waals surface area (Å²) in [6, 6.07) is 7.11. The Labute approximate surface area is 106 Å². The number of nitrogen functional groups attached to an aromatic ring is 1. The predicted octanol–water partition coefficient (Wildman–Crippen LogP) is 2.05. The van der Waals surface area contributed by atoms with Crippen LogP contribution in [-0.2, 0) is 6.54 Å². The van der Waals surface area contributed by atoms with E-state index in [4.69, 9.17) is 5.73 Å². The van der Waals surface area contributed by atoms with Crippen molar-refractivity contribution in [3.05, 3.63) is 41.6 Å². The smallest absolute Gasteiger partial charge is 0.258 e. The molecule has 0 bridgehead atoms. The number of amides is 1. The minimum absolute atomic E-state index is 0.242. The van der Waals surface area contributed by atoms with Gasteiger partial charge in [-0.25, -0.2) is 0 Å². The number of rotatable bonds is 3. The molecule has 0 atom stereocenters. The highest BCUT2D eigenvalue weighted by molar-refractivity contribution is 6.07. The van der Waals surface area contributed by atoms with Crippen molar-refractivity contribution < 1.29 is 4.79 Å². The Morgan fingerprint density at radius 2 is 2.22 bits per heavy atom. The average Bonchev–Trinajstić information content (AvgIpc) is 2.76. The number of aromatic nitrogens is 2. The topological polar surface area (TPSA) is 72.9 Å². The fraction of sp³-hybridized carbons (Fsp3) is 0.231. The van der Waals surface area contributed by atoms with Crippen molar-refractivity contribution in [3.63, 3.8) is 0 Å². The van der Waals surface area contributed by atoms with Gasteiger partial charge in [-0.1, -0.05) is 6.07 Å². The van der Waals surface area contributed by atoms with Crippen LogP contribution in [-0.4, -0.2) is 15.7 Å². The van der Waals surface area contributed by atoms with E-state index < -0.39 is 0 Å². The molecule has 0 fully saturated rings. The normalized spacial score (nSPS) is 10.3. The van der Waals surface area contributed by atoms with E-state index in [1.807, 2.05) is 26.1 Å². The molecule has 0 saturated heterocycles. The molecule has 1 amide bonds. The second-order valence-electron chi connectivity index (χ2n) is 4.10. The standard InChI is InChI=1S/C13H16N4O/c1-3-17-7-6-12(16-17)15-13(18)10-5-4-9(2)8-11(10)14/h4-8H,3,14H2,1-2H3,(H,15,16,18). The predicted molar refractivity (Wildman–Crippen MR) is 71.4 cm³/mol. The lowest BCUT2D eigenvalue weighted by atomic mass is 10.1. The highest BCUT2D eigenvalue weighted by Gasteiger charge is 2.11. The number of hydrogen-bond donors (Lipinski definition) is 2. The number of hydrogen-bond acceptors (Lipinski definition) is 3. The molecule has 1 aromatic carbocycles. The molecule has 0 saturated carbocycles. The molecule has 0 aliphatic rings. The van der Waals surface area contributed by atoms with Crippen LogP contribution >= 0.6 is 0 Å². The van der Waals surface area contributed by atoms with Crippen molar-refractivity contribution in [3.8, 4) is 0 Å². The van der Waals surface area contributed by atoms with Crippen molar-refractivity contribution in [1.29, 1.82) is 0 Å². The first kappa shape index (κ1) is 12.2. The largest absolute Gasteiger partial charge is 0.398 e. The molecule has 0 unspecified atom stereocenters. The maximum atomic E-state index is 12.0. The molecule has 2 aromatic rings. The van der Waals surface area contributed by atoms with Gasteiger partial charge in [0, 0.05) is 24.5 Å². The van der Waals surface area contributed by atoms with Crippen LogP contribution in [0.4, 0.5) is 11.5 Å². The van der Waals surface area contributed by atoms with Gasteiger partial charge in [-0.2, -0.15) is 5.10 Å². The quantitative estimate of drug-likeness (QED) is 0.811. The van der Waals surface area contributed by atoms with Gasteiger partial charge in [0.05, 0.1) is 5.56 Å². The van der Waals surface area contributed by atoms with Gasteiger partial charge in [-0.3, -0.25) is 9.48 Å². The number of anilines is 2. The van der Waals surface area contributed by atoms with Crippen LogP contribution in [0.5, 0.6) is 0 Å². The molecule has 5 nitrogen and oxygen atoms in total. The molecule has 94 valence electrons. The van der Waals surface area contributed by atoms with E-state index in [2.05, 4.69) is 10.4 Å². The van der Waals surface area contributed by atoms with Crippen LogP contribution in [0.25, 0.3) is 0 Å². The lowest BCUT2D eigenvalue weighted by molar-refractivity contribution is 0.102. The molecular formula is C13H16N4O. The summed E-state index contributed by atoms with van der Waals surface area (Å²) in [5, 5.41) is 6.91. The third-order valence-electron chi connectivity index (χ3n) is 2.66. The molecule has 0 spiro atoms. The van der Waals surface area contributed by atoms with Crippen LogP contribution in [0.15, 0.2) is 30.5 Å². The Balaban J connectivity index is 2.16. The summed E-state index contributed by atoms with van der Waals surface area (Å²) in [6.07, 6.45) is 1.81. The highest BCUT2D eigenvalue weighted by atomic mass is 16.1.